The first-order valence-corrected chi connectivity index (χ1v) is 12.7. The summed E-state index contributed by atoms with van der Waals surface area (Å²) in [4.78, 5) is 15.3. The summed E-state index contributed by atoms with van der Waals surface area (Å²) in [5.41, 5.74) is 3.36. The van der Waals surface area contributed by atoms with Gasteiger partial charge in [0.1, 0.15) is 5.75 Å². The predicted octanol–water partition coefficient (Wildman–Crippen LogP) is 7.92. The molecule has 1 amide bonds. The molecule has 0 bridgehead atoms. The van der Waals surface area contributed by atoms with Crippen LogP contribution >= 0.6 is 11.8 Å². The number of fused-ring (bicyclic) bond motifs is 1. The van der Waals surface area contributed by atoms with Crippen LogP contribution in [0, 0.1) is 0 Å². The molecule has 1 aromatic heterocycles. The molecule has 8 heteroatoms. The van der Waals surface area contributed by atoms with Crippen LogP contribution in [0.5, 0.6) is 5.75 Å². The molecule has 192 valence electrons. The van der Waals surface area contributed by atoms with E-state index < -0.39 is 6.36 Å². The van der Waals surface area contributed by atoms with Crippen molar-refractivity contribution in [2.45, 2.75) is 29.1 Å². The molecule has 0 radical (unpaired) electrons. The summed E-state index contributed by atoms with van der Waals surface area (Å²) in [7, 11) is 0. The summed E-state index contributed by atoms with van der Waals surface area (Å²) >= 11 is 1.61. The first kappa shape index (κ1) is 25.5. The number of carbonyl (C=O) groups excluding carboxylic acids is 1. The average Bonchev–Trinajstić information content (AvgIpc) is 3.17. The monoisotopic (exact) mass is 532 g/mol. The topological polar surface area (TPSA) is 43.3 Å². The molecule has 1 N–H and O–H groups in total. The second-order valence-electron chi connectivity index (χ2n) is 8.58. The molecule has 0 atom stereocenters. The highest BCUT2D eigenvalue weighted by Crippen LogP contribution is 2.39. The second-order valence-corrected chi connectivity index (χ2v) is 9.66. The van der Waals surface area contributed by atoms with Gasteiger partial charge in [-0.3, -0.25) is 4.79 Å². The van der Waals surface area contributed by atoms with E-state index in [1.54, 1.807) is 11.8 Å². The van der Waals surface area contributed by atoms with Crippen molar-refractivity contribution in [3.05, 3.63) is 120 Å². The van der Waals surface area contributed by atoms with E-state index in [0.717, 1.165) is 32.0 Å². The lowest BCUT2D eigenvalue weighted by molar-refractivity contribution is -0.274. The highest BCUT2D eigenvalue weighted by atomic mass is 32.2. The Labute approximate surface area is 222 Å². The molecule has 4 nitrogen and oxygen atoms in total. The third-order valence-electron chi connectivity index (χ3n) is 5.87. The molecule has 0 aliphatic rings. The summed E-state index contributed by atoms with van der Waals surface area (Å²) in [5, 5.41) is 3.86. The Kier molecular flexibility index (Phi) is 7.42. The van der Waals surface area contributed by atoms with E-state index in [4.69, 9.17) is 0 Å². The number of ether oxygens (including phenoxy) is 1. The van der Waals surface area contributed by atoms with Gasteiger partial charge in [-0.1, -0.05) is 78.5 Å². The minimum atomic E-state index is -4.77. The van der Waals surface area contributed by atoms with Crippen molar-refractivity contribution in [3.63, 3.8) is 0 Å². The van der Waals surface area contributed by atoms with Crippen molar-refractivity contribution in [2.24, 2.45) is 0 Å². The van der Waals surface area contributed by atoms with Gasteiger partial charge in [0.15, 0.2) is 0 Å². The number of anilines is 1. The first-order chi connectivity index (χ1) is 18.4. The molecule has 5 rings (SSSR count). The number of halogens is 3. The van der Waals surface area contributed by atoms with E-state index in [-0.39, 0.29) is 18.1 Å². The summed E-state index contributed by atoms with van der Waals surface area (Å²) in [6.07, 6.45) is -4.69. The zero-order valence-corrected chi connectivity index (χ0v) is 20.9. The number of nitrogens with zero attached hydrogens (tertiary/aromatic N) is 1. The summed E-state index contributed by atoms with van der Waals surface area (Å²) in [5.74, 6) is -0.624. The SMILES string of the molecule is O=C(Cc1c(Sc2ccccc2)c2ccccc2n1Cc1ccccc1)Nc1ccc(OC(F)(F)F)cc1. The van der Waals surface area contributed by atoms with Gasteiger partial charge in [0.2, 0.25) is 5.91 Å². The van der Waals surface area contributed by atoms with E-state index in [1.807, 2.05) is 78.9 Å². The van der Waals surface area contributed by atoms with Gasteiger partial charge in [0, 0.05) is 38.6 Å². The maximum atomic E-state index is 13.2. The fourth-order valence-electron chi connectivity index (χ4n) is 4.26. The summed E-state index contributed by atoms with van der Waals surface area (Å²) in [6.45, 7) is 0.586. The lowest BCUT2D eigenvalue weighted by atomic mass is 10.2. The molecule has 0 fully saturated rings. The molecule has 0 spiro atoms. The first-order valence-electron chi connectivity index (χ1n) is 11.9. The largest absolute Gasteiger partial charge is 0.573 e. The van der Waals surface area contributed by atoms with Gasteiger partial charge in [-0.2, -0.15) is 0 Å². The van der Waals surface area contributed by atoms with Gasteiger partial charge in [-0.15, -0.1) is 13.2 Å². The number of benzene rings is 4. The van der Waals surface area contributed by atoms with Crippen LogP contribution in [0.3, 0.4) is 0 Å². The van der Waals surface area contributed by atoms with Gasteiger partial charge in [0.25, 0.3) is 0 Å². The van der Waals surface area contributed by atoms with E-state index in [0.29, 0.717) is 12.2 Å². The Morgan fingerprint density at radius 3 is 2.13 bits per heavy atom. The van der Waals surface area contributed by atoms with Crippen LogP contribution < -0.4 is 10.1 Å². The number of hydrogen-bond donors (Lipinski definition) is 1. The number of aromatic nitrogens is 1. The van der Waals surface area contributed by atoms with Gasteiger partial charge in [-0.05, 0) is 48.0 Å². The maximum Gasteiger partial charge on any atom is 0.573 e. The van der Waals surface area contributed by atoms with E-state index in [9.17, 15) is 18.0 Å². The van der Waals surface area contributed by atoms with Crippen molar-refractivity contribution in [1.29, 1.82) is 0 Å². The number of para-hydroxylation sites is 1. The maximum absolute atomic E-state index is 13.2. The molecule has 0 saturated heterocycles. The molecule has 38 heavy (non-hydrogen) atoms. The van der Waals surface area contributed by atoms with Crippen LogP contribution in [0.25, 0.3) is 10.9 Å². The fraction of sp³-hybridized carbons (Fsp3) is 0.100. The van der Waals surface area contributed by atoms with Crippen LogP contribution in [0.1, 0.15) is 11.3 Å². The molecular weight excluding hydrogens is 509 g/mol. The van der Waals surface area contributed by atoms with Gasteiger partial charge >= 0.3 is 6.36 Å². The summed E-state index contributed by atoms with van der Waals surface area (Å²) < 4.78 is 43.5. The molecule has 0 aliphatic carbocycles. The minimum absolute atomic E-state index is 0.0808. The molecule has 0 saturated carbocycles. The van der Waals surface area contributed by atoms with Crippen molar-refractivity contribution >= 4 is 34.3 Å². The van der Waals surface area contributed by atoms with E-state index in [2.05, 4.69) is 20.7 Å². The Morgan fingerprint density at radius 1 is 0.816 bits per heavy atom. The van der Waals surface area contributed by atoms with Crippen LogP contribution in [0.15, 0.2) is 119 Å². The van der Waals surface area contributed by atoms with Gasteiger partial charge in [-0.25, -0.2) is 0 Å². The highest BCUT2D eigenvalue weighted by molar-refractivity contribution is 7.99. The van der Waals surface area contributed by atoms with Crippen molar-refractivity contribution in [3.8, 4) is 5.75 Å². The molecule has 4 aromatic carbocycles. The van der Waals surface area contributed by atoms with Crippen LogP contribution in [0.4, 0.5) is 18.9 Å². The zero-order chi connectivity index (χ0) is 26.5. The Balaban J connectivity index is 1.48. The Bertz CT molecular complexity index is 1460. The van der Waals surface area contributed by atoms with Crippen LogP contribution in [-0.4, -0.2) is 16.8 Å². The number of nitrogens with one attached hydrogen (secondary N) is 1. The Hall–Kier alpha value is -4.17. The lowest BCUT2D eigenvalue weighted by Gasteiger charge is -2.14. The third kappa shape index (κ3) is 6.20. The standard InChI is InChI=1S/C30H23F3N2O2S/c31-30(32,33)37-23-17-15-22(16-18-23)34-28(36)19-27-29(38-24-11-5-2-6-12-24)25-13-7-8-14-26(25)35(27)20-21-9-3-1-4-10-21/h1-18H,19-20H2,(H,34,36). The molecular formula is C30H23F3N2O2S. The Morgan fingerprint density at radius 2 is 1.45 bits per heavy atom. The smallest absolute Gasteiger partial charge is 0.406 e. The fourth-order valence-corrected chi connectivity index (χ4v) is 5.38. The lowest BCUT2D eigenvalue weighted by Crippen LogP contribution is -2.18. The zero-order valence-electron chi connectivity index (χ0n) is 20.1. The van der Waals surface area contributed by atoms with Crippen molar-refractivity contribution in [2.75, 3.05) is 5.32 Å². The number of alkyl halides is 3. The molecule has 0 unspecified atom stereocenters. The normalized spacial score (nSPS) is 11.4. The van der Waals surface area contributed by atoms with E-state index in [1.165, 1.54) is 24.3 Å². The average molecular weight is 533 g/mol. The van der Waals surface area contributed by atoms with Crippen LogP contribution in [-0.2, 0) is 17.8 Å². The number of hydrogen-bond acceptors (Lipinski definition) is 3. The minimum Gasteiger partial charge on any atom is -0.406 e. The highest BCUT2D eigenvalue weighted by Gasteiger charge is 2.31. The number of amides is 1. The van der Waals surface area contributed by atoms with E-state index >= 15 is 0 Å². The van der Waals surface area contributed by atoms with Crippen LogP contribution in [0.2, 0.25) is 0 Å². The quantitative estimate of drug-likeness (QED) is 0.221. The van der Waals surface area contributed by atoms with Crippen molar-refractivity contribution < 1.29 is 22.7 Å². The second kappa shape index (κ2) is 11.1. The molecule has 0 aliphatic heterocycles. The summed E-state index contributed by atoms with van der Waals surface area (Å²) in [6, 6.07) is 33.2. The number of carbonyl (C=O) groups is 1. The predicted molar refractivity (Wildman–Crippen MR) is 144 cm³/mol. The van der Waals surface area contributed by atoms with Crippen molar-refractivity contribution in [1.82, 2.24) is 4.57 Å². The molecule has 5 aromatic rings. The van der Waals surface area contributed by atoms with Gasteiger partial charge in [0.05, 0.1) is 6.42 Å². The number of rotatable bonds is 8. The third-order valence-corrected chi connectivity index (χ3v) is 7.04. The van der Waals surface area contributed by atoms with Gasteiger partial charge < -0.3 is 14.6 Å². The molecule has 1 heterocycles.